The molecule has 1 N–H and O–H groups in total. The van der Waals surface area contributed by atoms with Gasteiger partial charge in [0.25, 0.3) is 0 Å². The zero-order valence-electron chi connectivity index (χ0n) is 5.72. The van der Waals surface area contributed by atoms with Gasteiger partial charge in [0.1, 0.15) is 0 Å². The summed E-state index contributed by atoms with van der Waals surface area (Å²) in [5.74, 6) is 0. The molecule has 0 aliphatic carbocycles. The standard InChI is InChI=1S/C6H14OS/c1-4-6(7)5(2)8-3/h5-7H,4H2,1-3H3. The van der Waals surface area contributed by atoms with Gasteiger partial charge in [-0.25, -0.2) is 0 Å². The second-order valence-corrected chi connectivity index (χ2v) is 3.13. The van der Waals surface area contributed by atoms with Crippen molar-refractivity contribution in [2.75, 3.05) is 6.26 Å². The molecule has 0 aromatic heterocycles. The Morgan fingerprint density at radius 1 is 1.62 bits per heavy atom. The first-order chi connectivity index (χ1) is 3.72. The molecule has 0 aromatic rings. The van der Waals surface area contributed by atoms with Crippen LogP contribution in [-0.2, 0) is 0 Å². The van der Waals surface area contributed by atoms with Gasteiger partial charge in [-0.05, 0) is 12.7 Å². The minimum Gasteiger partial charge on any atom is -0.392 e. The van der Waals surface area contributed by atoms with Gasteiger partial charge in [-0.2, -0.15) is 11.8 Å². The van der Waals surface area contributed by atoms with Crippen molar-refractivity contribution in [3.8, 4) is 0 Å². The first-order valence-electron chi connectivity index (χ1n) is 2.93. The van der Waals surface area contributed by atoms with Gasteiger partial charge in [-0.3, -0.25) is 0 Å². The van der Waals surface area contributed by atoms with E-state index in [1.165, 1.54) is 0 Å². The first kappa shape index (κ1) is 8.31. The third-order valence-electron chi connectivity index (χ3n) is 1.33. The minimum atomic E-state index is -0.120. The van der Waals surface area contributed by atoms with Gasteiger partial charge < -0.3 is 5.11 Å². The molecule has 0 saturated heterocycles. The Bertz CT molecular complexity index is 48.5. The summed E-state index contributed by atoms with van der Waals surface area (Å²) in [4.78, 5) is 0. The maximum Gasteiger partial charge on any atom is 0.0653 e. The average molecular weight is 134 g/mol. The molecule has 0 heterocycles. The fourth-order valence-electron chi connectivity index (χ4n) is 0.489. The lowest BCUT2D eigenvalue weighted by Gasteiger charge is -2.13. The summed E-state index contributed by atoms with van der Waals surface area (Å²) in [5.41, 5.74) is 0. The highest BCUT2D eigenvalue weighted by Crippen LogP contribution is 2.11. The smallest absolute Gasteiger partial charge is 0.0653 e. The molecule has 0 amide bonds. The largest absolute Gasteiger partial charge is 0.392 e. The molecule has 0 aliphatic heterocycles. The van der Waals surface area contributed by atoms with Crippen LogP contribution in [-0.4, -0.2) is 22.7 Å². The molecule has 0 spiro atoms. The summed E-state index contributed by atoms with van der Waals surface area (Å²) in [5, 5.41) is 9.49. The number of rotatable bonds is 3. The van der Waals surface area contributed by atoms with Gasteiger partial charge in [-0.15, -0.1) is 0 Å². The van der Waals surface area contributed by atoms with E-state index in [0.29, 0.717) is 5.25 Å². The fraction of sp³-hybridized carbons (Fsp3) is 1.00. The lowest BCUT2D eigenvalue weighted by atomic mass is 10.2. The molecule has 0 aromatic carbocycles. The molecule has 2 unspecified atom stereocenters. The maximum absolute atomic E-state index is 9.11. The lowest BCUT2D eigenvalue weighted by molar-refractivity contribution is 0.172. The Balaban J connectivity index is 3.29. The van der Waals surface area contributed by atoms with Crippen LogP contribution in [0.5, 0.6) is 0 Å². The predicted octanol–water partition coefficient (Wildman–Crippen LogP) is 1.51. The van der Waals surface area contributed by atoms with E-state index in [1.54, 1.807) is 11.8 Å². The Hall–Kier alpha value is 0.310. The van der Waals surface area contributed by atoms with Crippen molar-refractivity contribution in [3.05, 3.63) is 0 Å². The summed E-state index contributed by atoms with van der Waals surface area (Å²) < 4.78 is 0. The van der Waals surface area contributed by atoms with E-state index >= 15 is 0 Å². The molecule has 0 bridgehead atoms. The molecule has 2 heteroatoms. The topological polar surface area (TPSA) is 20.2 Å². The van der Waals surface area contributed by atoms with Gasteiger partial charge in [0.15, 0.2) is 0 Å². The van der Waals surface area contributed by atoms with Crippen LogP contribution in [0.15, 0.2) is 0 Å². The van der Waals surface area contributed by atoms with Crippen molar-refractivity contribution in [2.45, 2.75) is 31.6 Å². The van der Waals surface area contributed by atoms with Gasteiger partial charge >= 0.3 is 0 Å². The Kier molecular flexibility index (Phi) is 4.38. The Labute approximate surface area is 55.5 Å². The molecule has 0 rings (SSSR count). The molecule has 0 aliphatic rings. The van der Waals surface area contributed by atoms with Gasteiger partial charge in [0, 0.05) is 5.25 Å². The van der Waals surface area contributed by atoms with Crippen LogP contribution in [0, 0.1) is 0 Å². The zero-order chi connectivity index (χ0) is 6.57. The number of hydrogen-bond donors (Lipinski definition) is 1. The third-order valence-corrected chi connectivity index (χ3v) is 2.39. The average Bonchev–Trinajstić information content (AvgIpc) is 1.84. The van der Waals surface area contributed by atoms with E-state index in [0.717, 1.165) is 6.42 Å². The number of hydrogen-bond acceptors (Lipinski definition) is 2. The normalized spacial score (nSPS) is 18.0. The molecular weight excluding hydrogens is 120 g/mol. The number of aliphatic hydroxyl groups is 1. The molecule has 0 fully saturated rings. The summed E-state index contributed by atoms with van der Waals surface area (Å²) in [6, 6.07) is 0. The predicted molar refractivity (Wildman–Crippen MR) is 39.3 cm³/mol. The minimum absolute atomic E-state index is 0.120. The number of aliphatic hydroxyl groups excluding tert-OH is 1. The molecular formula is C6H14OS. The molecule has 1 nitrogen and oxygen atoms in total. The van der Waals surface area contributed by atoms with Crippen LogP contribution in [0.1, 0.15) is 20.3 Å². The van der Waals surface area contributed by atoms with Crippen molar-refractivity contribution < 1.29 is 5.11 Å². The van der Waals surface area contributed by atoms with Crippen molar-refractivity contribution >= 4 is 11.8 Å². The Morgan fingerprint density at radius 2 is 2.12 bits per heavy atom. The summed E-state index contributed by atoms with van der Waals surface area (Å²) in [7, 11) is 0. The van der Waals surface area contributed by atoms with E-state index in [9.17, 15) is 0 Å². The van der Waals surface area contributed by atoms with Crippen molar-refractivity contribution in [1.29, 1.82) is 0 Å². The van der Waals surface area contributed by atoms with E-state index in [4.69, 9.17) is 5.11 Å². The number of thioether (sulfide) groups is 1. The van der Waals surface area contributed by atoms with Gasteiger partial charge in [0.05, 0.1) is 6.10 Å². The van der Waals surface area contributed by atoms with Crippen molar-refractivity contribution in [2.24, 2.45) is 0 Å². The van der Waals surface area contributed by atoms with Gasteiger partial charge in [-0.1, -0.05) is 13.8 Å². The molecule has 2 atom stereocenters. The van der Waals surface area contributed by atoms with Crippen LogP contribution in [0.2, 0.25) is 0 Å². The van der Waals surface area contributed by atoms with Crippen LogP contribution < -0.4 is 0 Å². The SMILES string of the molecule is CCC(O)C(C)SC. The molecule has 50 valence electrons. The van der Waals surface area contributed by atoms with Gasteiger partial charge in [0.2, 0.25) is 0 Å². The lowest BCUT2D eigenvalue weighted by Crippen LogP contribution is -2.17. The van der Waals surface area contributed by atoms with E-state index in [2.05, 4.69) is 0 Å². The quantitative estimate of drug-likeness (QED) is 0.631. The Morgan fingerprint density at radius 3 is 2.25 bits per heavy atom. The van der Waals surface area contributed by atoms with E-state index in [1.807, 2.05) is 20.1 Å². The second-order valence-electron chi connectivity index (χ2n) is 1.92. The van der Waals surface area contributed by atoms with E-state index < -0.39 is 0 Å². The highest BCUT2D eigenvalue weighted by molar-refractivity contribution is 7.99. The fourth-order valence-corrected chi connectivity index (χ4v) is 0.996. The first-order valence-corrected chi connectivity index (χ1v) is 4.22. The third kappa shape index (κ3) is 2.58. The van der Waals surface area contributed by atoms with Crippen LogP contribution in [0.4, 0.5) is 0 Å². The molecule has 0 saturated carbocycles. The summed E-state index contributed by atoms with van der Waals surface area (Å²) in [6.07, 6.45) is 2.76. The zero-order valence-corrected chi connectivity index (χ0v) is 6.53. The highest BCUT2D eigenvalue weighted by Gasteiger charge is 2.08. The maximum atomic E-state index is 9.11. The van der Waals surface area contributed by atoms with Crippen LogP contribution >= 0.6 is 11.8 Å². The molecule has 0 radical (unpaired) electrons. The van der Waals surface area contributed by atoms with Crippen molar-refractivity contribution in [1.82, 2.24) is 0 Å². The van der Waals surface area contributed by atoms with Crippen LogP contribution in [0.3, 0.4) is 0 Å². The van der Waals surface area contributed by atoms with E-state index in [-0.39, 0.29) is 6.10 Å². The summed E-state index contributed by atoms with van der Waals surface area (Å²) in [6.45, 7) is 4.04. The monoisotopic (exact) mass is 134 g/mol. The van der Waals surface area contributed by atoms with Crippen LogP contribution in [0.25, 0.3) is 0 Å². The second kappa shape index (κ2) is 4.21. The summed E-state index contributed by atoms with van der Waals surface area (Å²) >= 11 is 1.71. The highest BCUT2D eigenvalue weighted by atomic mass is 32.2. The molecule has 8 heavy (non-hydrogen) atoms. The van der Waals surface area contributed by atoms with Crippen molar-refractivity contribution in [3.63, 3.8) is 0 Å².